The fraction of sp³-hybridized carbons (Fsp3) is 0.857. The number of ether oxygens (including phenoxy) is 1. The number of carbonyl (C=O) groups excluding carboxylic acids is 2. The Morgan fingerprint density at radius 1 is 1.00 bits per heavy atom. The number of nitrogens with zero attached hydrogens (tertiary/aromatic N) is 1. The smallest absolute Gasteiger partial charge is 0.229 e. The molecule has 1 rings (SSSR count). The lowest BCUT2D eigenvalue weighted by Gasteiger charge is -2.44. The number of hydrogen-bond acceptors (Lipinski definition) is 7. The summed E-state index contributed by atoms with van der Waals surface area (Å²) in [6.45, 7) is 2.93. The number of hydrogen-bond donors (Lipinski definition) is 4. The fourth-order valence-electron chi connectivity index (χ4n) is 2.50. The summed E-state index contributed by atoms with van der Waals surface area (Å²) in [6.07, 6.45) is -4.81. The maximum absolute atomic E-state index is 12.2. The Morgan fingerprint density at radius 3 is 1.91 bits per heavy atom. The molecule has 8 heteroatoms. The Hall–Kier alpha value is -1.06. The Morgan fingerprint density at radius 2 is 1.50 bits per heavy atom. The number of carbonyl (C=O) groups is 2. The normalized spacial score (nSPS) is 31.8. The topological polar surface area (TPSA) is 128 Å². The van der Waals surface area contributed by atoms with Crippen molar-refractivity contribution in [2.24, 2.45) is 0 Å². The molecule has 0 saturated carbocycles. The summed E-state index contributed by atoms with van der Waals surface area (Å²) >= 11 is 0. The lowest BCUT2D eigenvalue weighted by molar-refractivity contribution is -0.268. The van der Waals surface area contributed by atoms with Crippen LogP contribution in [0.2, 0.25) is 0 Å². The standard InChI is InChI=1S/C14H25NO7/c1-3-5-9(17)15(10(18)6-4-2)11-13(20)12(19)8(7-16)22-14(11)21/h8,11-14,16,19-21H,3-7H2,1-2H3/t8-,11-,12-,13-,14?/m1/s1. The SMILES string of the molecule is CCCC(=O)N(C(=O)CCC)[C@H]1C(O)O[C@H](CO)[C@@H](O)[C@@H]1O. The van der Waals surface area contributed by atoms with Gasteiger partial charge in [-0.25, -0.2) is 0 Å². The van der Waals surface area contributed by atoms with Crippen LogP contribution in [-0.4, -0.2) is 74.4 Å². The summed E-state index contributed by atoms with van der Waals surface area (Å²) in [5.74, 6) is -1.08. The number of aliphatic hydroxyl groups is 4. The third-order valence-electron chi connectivity index (χ3n) is 3.63. The van der Waals surface area contributed by atoms with Crippen molar-refractivity contribution in [3.05, 3.63) is 0 Å². The Kier molecular flexibility index (Phi) is 7.37. The molecule has 5 atom stereocenters. The van der Waals surface area contributed by atoms with Crippen LogP contribution in [0.5, 0.6) is 0 Å². The van der Waals surface area contributed by atoms with Crippen LogP contribution < -0.4 is 0 Å². The summed E-state index contributed by atoms with van der Waals surface area (Å²) in [6, 6.07) is -1.39. The van der Waals surface area contributed by atoms with Crippen molar-refractivity contribution in [3.8, 4) is 0 Å². The first-order valence-electron chi connectivity index (χ1n) is 7.54. The highest BCUT2D eigenvalue weighted by molar-refractivity contribution is 5.95. The van der Waals surface area contributed by atoms with Gasteiger partial charge in [0.05, 0.1) is 6.61 Å². The minimum Gasteiger partial charge on any atom is -0.394 e. The van der Waals surface area contributed by atoms with E-state index in [0.29, 0.717) is 12.8 Å². The van der Waals surface area contributed by atoms with Crippen molar-refractivity contribution < 1.29 is 34.8 Å². The van der Waals surface area contributed by atoms with Crippen LogP contribution in [-0.2, 0) is 14.3 Å². The van der Waals surface area contributed by atoms with Crippen LogP contribution in [0.3, 0.4) is 0 Å². The van der Waals surface area contributed by atoms with E-state index < -0.39 is 49.1 Å². The molecule has 22 heavy (non-hydrogen) atoms. The summed E-state index contributed by atoms with van der Waals surface area (Å²) in [5.41, 5.74) is 0. The summed E-state index contributed by atoms with van der Waals surface area (Å²) < 4.78 is 5.02. The predicted octanol–water partition coefficient (Wildman–Crippen LogP) is -1.26. The molecule has 2 amide bonds. The molecule has 0 aromatic rings. The van der Waals surface area contributed by atoms with Gasteiger partial charge in [-0.2, -0.15) is 0 Å². The predicted molar refractivity (Wildman–Crippen MR) is 75.4 cm³/mol. The van der Waals surface area contributed by atoms with Crippen LogP contribution in [0.25, 0.3) is 0 Å². The second-order valence-electron chi connectivity index (χ2n) is 5.38. The summed E-state index contributed by atoms with van der Waals surface area (Å²) in [4.78, 5) is 25.2. The van der Waals surface area contributed by atoms with Crippen molar-refractivity contribution >= 4 is 11.8 Å². The Balaban J connectivity index is 3.06. The van der Waals surface area contributed by atoms with Crippen LogP contribution in [0, 0.1) is 0 Å². The first-order chi connectivity index (χ1) is 10.4. The molecule has 1 unspecified atom stereocenters. The summed E-state index contributed by atoms with van der Waals surface area (Å²) in [7, 11) is 0. The maximum Gasteiger partial charge on any atom is 0.229 e. The lowest BCUT2D eigenvalue weighted by Crippen LogP contribution is -2.66. The molecule has 1 aliphatic heterocycles. The first kappa shape index (κ1) is 19.0. The van der Waals surface area contributed by atoms with E-state index in [2.05, 4.69) is 0 Å². The lowest BCUT2D eigenvalue weighted by atomic mass is 9.95. The molecule has 0 spiro atoms. The van der Waals surface area contributed by atoms with Gasteiger partial charge in [-0.05, 0) is 12.8 Å². The van der Waals surface area contributed by atoms with Crippen molar-refractivity contribution in [1.29, 1.82) is 0 Å². The second kappa shape index (κ2) is 8.54. The van der Waals surface area contributed by atoms with E-state index in [-0.39, 0.29) is 12.8 Å². The van der Waals surface area contributed by atoms with Gasteiger partial charge in [0.25, 0.3) is 0 Å². The molecule has 128 valence electrons. The molecule has 1 aliphatic rings. The highest BCUT2D eigenvalue weighted by Crippen LogP contribution is 2.25. The van der Waals surface area contributed by atoms with Crippen molar-refractivity contribution in [2.45, 2.75) is 70.2 Å². The van der Waals surface area contributed by atoms with E-state index in [1.807, 2.05) is 0 Å². The van der Waals surface area contributed by atoms with E-state index in [4.69, 9.17) is 9.84 Å². The van der Waals surface area contributed by atoms with Gasteiger partial charge in [0.1, 0.15) is 24.4 Å². The zero-order valence-corrected chi connectivity index (χ0v) is 12.9. The van der Waals surface area contributed by atoms with Crippen LogP contribution in [0.4, 0.5) is 0 Å². The van der Waals surface area contributed by atoms with Gasteiger partial charge < -0.3 is 25.2 Å². The fourth-order valence-corrected chi connectivity index (χ4v) is 2.50. The van der Waals surface area contributed by atoms with Crippen LogP contribution in [0.15, 0.2) is 0 Å². The number of rotatable bonds is 6. The van der Waals surface area contributed by atoms with Gasteiger partial charge in [-0.15, -0.1) is 0 Å². The molecule has 1 fully saturated rings. The minimum atomic E-state index is -1.67. The highest BCUT2D eigenvalue weighted by atomic mass is 16.6. The molecule has 0 bridgehead atoms. The molecular weight excluding hydrogens is 294 g/mol. The number of imide groups is 1. The Bertz CT molecular complexity index is 371. The second-order valence-corrected chi connectivity index (χ2v) is 5.38. The Labute approximate surface area is 129 Å². The minimum absolute atomic E-state index is 0.0743. The van der Waals surface area contributed by atoms with Gasteiger partial charge in [-0.1, -0.05) is 13.8 Å². The van der Waals surface area contributed by atoms with E-state index >= 15 is 0 Å². The average molecular weight is 319 g/mol. The third kappa shape index (κ3) is 4.02. The molecule has 4 N–H and O–H groups in total. The number of aliphatic hydroxyl groups excluding tert-OH is 4. The van der Waals surface area contributed by atoms with E-state index in [1.54, 1.807) is 13.8 Å². The molecule has 1 heterocycles. The molecular formula is C14H25NO7. The zero-order chi connectivity index (χ0) is 16.9. The zero-order valence-electron chi connectivity index (χ0n) is 12.9. The summed E-state index contributed by atoms with van der Waals surface area (Å²) in [5, 5.41) is 39.1. The molecule has 0 aromatic heterocycles. The molecule has 0 aromatic carbocycles. The van der Waals surface area contributed by atoms with Crippen molar-refractivity contribution in [2.75, 3.05) is 6.61 Å². The number of amides is 2. The van der Waals surface area contributed by atoms with Gasteiger partial charge in [-0.3, -0.25) is 14.5 Å². The van der Waals surface area contributed by atoms with E-state index in [0.717, 1.165) is 4.90 Å². The van der Waals surface area contributed by atoms with Gasteiger partial charge >= 0.3 is 0 Å². The largest absolute Gasteiger partial charge is 0.394 e. The van der Waals surface area contributed by atoms with Gasteiger partial charge in [0.15, 0.2) is 6.29 Å². The van der Waals surface area contributed by atoms with Gasteiger partial charge in [0.2, 0.25) is 11.8 Å². The maximum atomic E-state index is 12.2. The van der Waals surface area contributed by atoms with Crippen molar-refractivity contribution in [1.82, 2.24) is 4.90 Å². The van der Waals surface area contributed by atoms with Crippen molar-refractivity contribution in [3.63, 3.8) is 0 Å². The molecule has 1 saturated heterocycles. The first-order valence-corrected chi connectivity index (χ1v) is 7.54. The van der Waals surface area contributed by atoms with E-state index in [9.17, 15) is 24.9 Å². The van der Waals surface area contributed by atoms with E-state index in [1.165, 1.54) is 0 Å². The molecule has 8 nitrogen and oxygen atoms in total. The average Bonchev–Trinajstić information content (AvgIpc) is 2.47. The molecule has 0 aliphatic carbocycles. The third-order valence-corrected chi connectivity index (χ3v) is 3.63. The van der Waals surface area contributed by atoms with Crippen LogP contribution in [0.1, 0.15) is 39.5 Å². The monoisotopic (exact) mass is 319 g/mol. The molecule has 0 radical (unpaired) electrons. The van der Waals surface area contributed by atoms with Crippen LogP contribution >= 0.6 is 0 Å². The quantitative estimate of drug-likeness (QED) is 0.481. The highest BCUT2D eigenvalue weighted by Gasteiger charge is 2.49. The van der Waals surface area contributed by atoms with Gasteiger partial charge in [0, 0.05) is 12.8 Å².